The van der Waals surface area contributed by atoms with Crippen LogP contribution in [0.25, 0.3) is 10.4 Å². The molecule has 1 aliphatic rings. The quantitative estimate of drug-likeness (QED) is 0.362. The van der Waals surface area contributed by atoms with E-state index in [4.69, 9.17) is 15.0 Å². The van der Waals surface area contributed by atoms with E-state index in [0.717, 1.165) is 5.56 Å². The maximum absolute atomic E-state index is 12.4. The molecular weight excluding hydrogens is 348 g/mol. The van der Waals surface area contributed by atoms with Crippen molar-refractivity contribution in [3.63, 3.8) is 0 Å². The van der Waals surface area contributed by atoms with Gasteiger partial charge in [0.25, 0.3) is 0 Å². The fourth-order valence-corrected chi connectivity index (χ4v) is 3.03. The number of nitrogens with zero attached hydrogens (tertiary/aromatic N) is 3. The highest BCUT2D eigenvalue weighted by atomic mass is 16.6. The zero-order valence-corrected chi connectivity index (χ0v) is 15.9. The molecule has 2 rings (SSSR count). The molecule has 1 saturated carbocycles. The first-order valence-corrected chi connectivity index (χ1v) is 9.03. The van der Waals surface area contributed by atoms with Crippen LogP contribution in [0.3, 0.4) is 0 Å². The SMILES string of the molecule is CC(C)(C)OC(=O)NC1CCC(C(=O)OCc2ccccc2)CC1N=[N+]=[N-]. The largest absolute Gasteiger partial charge is 0.461 e. The Morgan fingerprint density at radius 2 is 1.96 bits per heavy atom. The second-order valence-corrected chi connectivity index (χ2v) is 7.63. The van der Waals surface area contributed by atoms with E-state index < -0.39 is 17.7 Å². The Bertz CT molecular complexity index is 695. The number of ether oxygens (including phenoxy) is 2. The van der Waals surface area contributed by atoms with Gasteiger partial charge in [-0.3, -0.25) is 4.79 Å². The van der Waals surface area contributed by atoms with Gasteiger partial charge in [0.2, 0.25) is 0 Å². The third-order valence-corrected chi connectivity index (χ3v) is 4.28. The van der Waals surface area contributed by atoms with Crippen LogP contribution in [0, 0.1) is 5.92 Å². The number of azide groups is 1. The van der Waals surface area contributed by atoms with Crippen LogP contribution in [0.2, 0.25) is 0 Å². The Hall–Kier alpha value is -2.73. The molecule has 0 aliphatic heterocycles. The summed E-state index contributed by atoms with van der Waals surface area (Å²) in [6, 6.07) is 8.55. The minimum Gasteiger partial charge on any atom is -0.461 e. The smallest absolute Gasteiger partial charge is 0.407 e. The molecule has 1 aromatic carbocycles. The second kappa shape index (κ2) is 9.28. The molecule has 1 N–H and O–H groups in total. The summed E-state index contributed by atoms with van der Waals surface area (Å²) >= 11 is 0. The van der Waals surface area contributed by atoms with E-state index in [1.165, 1.54) is 0 Å². The summed E-state index contributed by atoms with van der Waals surface area (Å²) in [7, 11) is 0. The Balaban J connectivity index is 1.91. The number of alkyl carbamates (subject to hydrolysis) is 1. The van der Waals surface area contributed by atoms with Gasteiger partial charge < -0.3 is 14.8 Å². The van der Waals surface area contributed by atoms with Crippen LogP contribution >= 0.6 is 0 Å². The van der Waals surface area contributed by atoms with Gasteiger partial charge in [0.05, 0.1) is 12.0 Å². The summed E-state index contributed by atoms with van der Waals surface area (Å²) in [5, 5.41) is 6.52. The van der Waals surface area contributed by atoms with Crippen LogP contribution in [0.5, 0.6) is 0 Å². The Labute approximate surface area is 158 Å². The maximum Gasteiger partial charge on any atom is 0.407 e. The first-order valence-electron chi connectivity index (χ1n) is 9.03. The minimum atomic E-state index is -0.615. The molecule has 0 saturated heterocycles. The van der Waals surface area contributed by atoms with Gasteiger partial charge in [-0.2, -0.15) is 0 Å². The molecule has 3 unspecified atom stereocenters. The summed E-state index contributed by atoms with van der Waals surface area (Å²) in [5.74, 6) is -0.673. The first-order chi connectivity index (χ1) is 12.8. The Kier molecular flexibility index (Phi) is 7.07. The van der Waals surface area contributed by atoms with E-state index in [1.807, 2.05) is 30.3 Å². The van der Waals surface area contributed by atoms with Gasteiger partial charge in [-0.25, -0.2) is 4.79 Å². The van der Waals surface area contributed by atoms with Crippen LogP contribution in [0.15, 0.2) is 35.4 Å². The van der Waals surface area contributed by atoms with Crippen molar-refractivity contribution in [1.29, 1.82) is 0 Å². The zero-order chi connectivity index (χ0) is 19.9. The molecular formula is C19H26N4O4. The summed E-state index contributed by atoms with van der Waals surface area (Å²) in [6.07, 6.45) is 0.827. The molecule has 1 aliphatic carbocycles. The third-order valence-electron chi connectivity index (χ3n) is 4.28. The highest BCUT2D eigenvalue weighted by Gasteiger charge is 2.35. The average molecular weight is 374 g/mol. The van der Waals surface area contributed by atoms with Crippen LogP contribution in [0.4, 0.5) is 4.79 Å². The van der Waals surface area contributed by atoms with E-state index in [1.54, 1.807) is 20.8 Å². The lowest BCUT2D eigenvalue weighted by molar-refractivity contribution is -0.151. The average Bonchev–Trinajstić information content (AvgIpc) is 2.60. The highest BCUT2D eigenvalue weighted by molar-refractivity contribution is 5.73. The number of esters is 1. The first kappa shape index (κ1) is 20.6. The molecule has 3 atom stereocenters. The number of nitrogens with one attached hydrogen (secondary N) is 1. The van der Waals surface area contributed by atoms with E-state index in [0.29, 0.717) is 19.3 Å². The number of carbonyl (C=O) groups excluding carboxylic acids is 2. The van der Waals surface area contributed by atoms with E-state index in [2.05, 4.69) is 15.3 Å². The number of rotatable bonds is 5. The number of carbonyl (C=O) groups is 2. The number of amides is 1. The maximum atomic E-state index is 12.4. The molecule has 0 bridgehead atoms. The van der Waals surface area contributed by atoms with Gasteiger partial charge in [-0.05, 0) is 51.1 Å². The van der Waals surface area contributed by atoms with Gasteiger partial charge in [0.15, 0.2) is 0 Å². The lowest BCUT2D eigenvalue weighted by Gasteiger charge is -2.33. The van der Waals surface area contributed by atoms with Gasteiger partial charge in [0, 0.05) is 11.0 Å². The van der Waals surface area contributed by atoms with Crippen molar-refractivity contribution < 1.29 is 19.1 Å². The van der Waals surface area contributed by atoms with Crippen LogP contribution in [0.1, 0.15) is 45.6 Å². The molecule has 8 nitrogen and oxygen atoms in total. The van der Waals surface area contributed by atoms with E-state index >= 15 is 0 Å². The molecule has 0 spiro atoms. The molecule has 1 amide bonds. The molecule has 0 heterocycles. The number of hydrogen-bond acceptors (Lipinski definition) is 5. The Morgan fingerprint density at radius 3 is 2.59 bits per heavy atom. The molecule has 146 valence electrons. The predicted octanol–water partition coefficient (Wildman–Crippen LogP) is 4.10. The molecule has 8 heteroatoms. The van der Waals surface area contributed by atoms with Gasteiger partial charge in [-0.1, -0.05) is 35.4 Å². The normalized spacial score (nSPS) is 22.3. The lowest BCUT2D eigenvalue weighted by atomic mass is 9.82. The van der Waals surface area contributed by atoms with Crippen LogP contribution < -0.4 is 5.32 Å². The molecule has 0 radical (unpaired) electrons. The van der Waals surface area contributed by atoms with Crippen LogP contribution in [-0.2, 0) is 20.9 Å². The highest BCUT2D eigenvalue weighted by Crippen LogP contribution is 2.28. The predicted molar refractivity (Wildman–Crippen MR) is 99.7 cm³/mol. The monoisotopic (exact) mass is 374 g/mol. The molecule has 1 aromatic rings. The minimum absolute atomic E-state index is 0.210. The van der Waals surface area contributed by atoms with Crippen molar-refractivity contribution in [2.75, 3.05) is 0 Å². The van der Waals surface area contributed by atoms with Crippen molar-refractivity contribution >= 4 is 12.1 Å². The van der Waals surface area contributed by atoms with Crippen LogP contribution in [-0.4, -0.2) is 29.7 Å². The van der Waals surface area contributed by atoms with E-state index in [9.17, 15) is 9.59 Å². The van der Waals surface area contributed by atoms with Crippen molar-refractivity contribution in [2.45, 2.75) is 64.3 Å². The zero-order valence-electron chi connectivity index (χ0n) is 15.9. The molecule has 0 aromatic heterocycles. The summed E-state index contributed by atoms with van der Waals surface area (Å²) in [6.45, 7) is 5.54. The Morgan fingerprint density at radius 1 is 1.26 bits per heavy atom. The molecule has 27 heavy (non-hydrogen) atoms. The van der Waals surface area contributed by atoms with Gasteiger partial charge in [-0.15, -0.1) is 0 Å². The van der Waals surface area contributed by atoms with Crippen molar-refractivity contribution in [3.8, 4) is 0 Å². The van der Waals surface area contributed by atoms with Crippen molar-refractivity contribution in [2.24, 2.45) is 11.0 Å². The van der Waals surface area contributed by atoms with Gasteiger partial charge in [0.1, 0.15) is 12.2 Å². The van der Waals surface area contributed by atoms with Crippen molar-refractivity contribution in [1.82, 2.24) is 5.32 Å². The summed E-state index contributed by atoms with van der Waals surface area (Å²) in [4.78, 5) is 27.2. The summed E-state index contributed by atoms with van der Waals surface area (Å²) < 4.78 is 10.6. The number of benzene rings is 1. The topological polar surface area (TPSA) is 113 Å². The lowest BCUT2D eigenvalue weighted by Crippen LogP contribution is -2.48. The fraction of sp³-hybridized carbons (Fsp3) is 0.579. The fourth-order valence-electron chi connectivity index (χ4n) is 3.03. The number of hydrogen-bond donors (Lipinski definition) is 1. The second-order valence-electron chi connectivity index (χ2n) is 7.63. The molecule has 1 fully saturated rings. The van der Waals surface area contributed by atoms with E-state index in [-0.39, 0.29) is 24.5 Å². The third kappa shape index (κ3) is 6.83. The standard InChI is InChI=1S/C19H26N4O4/c1-19(2,3)27-18(25)21-15-10-9-14(11-16(15)22-23-20)17(24)26-12-13-7-5-4-6-8-13/h4-8,14-16H,9-12H2,1-3H3,(H,21,25). The summed E-state index contributed by atoms with van der Waals surface area (Å²) in [5.41, 5.74) is 9.13. The van der Waals surface area contributed by atoms with Crippen molar-refractivity contribution in [3.05, 3.63) is 46.3 Å². The van der Waals surface area contributed by atoms with Gasteiger partial charge >= 0.3 is 12.1 Å².